The minimum absolute atomic E-state index is 0. The molecule has 0 amide bonds. The topological polar surface area (TPSA) is 61.8 Å². The van der Waals surface area contributed by atoms with Crippen LogP contribution >= 0.6 is 24.0 Å². The molecule has 1 aliphatic carbocycles. The van der Waals surface area contributed by atoms with E-state index in [9.17, 15) is 0 Å². The van der Waals surface area contributed by atoms with Crippen molar-refractivity contribution < 1.29 is 4.74 Å². The zero-order valence-corrected chi connectivity index (χ0v) is 16.7. The molecular weight excluding hydrogens is 417 g/mol. The standard InChI is InChI=1S/C17H27N5O.HI/c1-18-17(21-15-4-2-3-5-15)20-13-14-6-7-19-16(12-14)22-8-10-23-11-9-22;/h6-7,12,15H,2-5,8-11,13H2,1H3,(H2,18,20,21);1H. The lowest BCUT2D eigenvalue weighted by molar-refractivity contribution is 0.122. The van der Waals surface area contributed by atoms with Gasteiger partial charge in [0.15, 0.2) is 5.96 Å². The molecule has 2 heterocycles. The SMILES string of the molecule is CN=C(NCc1ccnc(N2CCOCC2)c1)NC1CCCC1.I. The summed E-state index contributed by atoms with van der Waals surface area (Å²) in [5.41, 5.74) is 1.22. The van der Waals surface area contributed by atoms with Crippen molar-refractivity contribution in [1.29, 1.82) is 0 Å². The molecule has 6 nitrogen and oxygen atoms in total. The van der Waals surface area contributed by atoms with E-state index in [1.54, 1.807) is 0 Å². The number of hydrogen-bond acceptors (Lipinski definition) is 4. The Hall–Kier alpha value is -1.09. The molecule has 0 spiro atoms. The molecule has 0 bridgehead atoms. The van der Waals surface area contributed by atoms with Gasteiger partial charge in [-0.25, -0.2) is 4.98 Å². The molecule has 0 unspecified atom stereocenters. The molecule has 7 heteroatoms. The first-order valence-corrected chi connectivity index (χ1v) is 8.60. The smallest absolute Gasteiger partial charge is 0.191 e. The Morgan fingerprint density at radius 2 is 2.08 bits per heavy atom. The average Bonchev–Trinajstić information content (AvgIpc) is 3.13. The summed E-state index contributed by atoms with van der Waals surface area (Å²) in [6.45, 7) is 4.14. The van der Waals surface area contributed by atoms with Crippen molar-refractivity contribution in [2.75, 3.05) is 38.3 Å². The van der Waals surface area contributed by atoms with Gasteiger partial charge in [-0.15, -0.1) is 24.0 Å². The number of anilines is 1. The largest absolute Gasteiger partial charge is 0.378 e. The number of nitrogens with one attached hydrogen (secondary N) is 2. The molecular formula is C17H28IN5O. The van der Waals surface area contributed by atoms with Crippen LogP contribution in [0.15, 0.2) is 23.3 Å². The van der Waals surface area contributed by atoms with Crippen LogP contribution in [0.25, 0.3) is 0 Å². The second kappa shape index (κ2) is 10.0. The summed E-state index contributed by atoms with van der Waals surface area (Å²) in [5, 5.41) is 6.92. The summed E-state index contributed by atoms with van der Waals surface area (Å²) in [6, 6.07) is 4.78. The van der Waals surface area contributed by atoms with Crippen LogP contribution in [-0.2, 0) is 11.3 Å². The third kappa shape index (κ3) is 5.47. The first kappa shape index (κ1) is 19.2. The highest BCUT2D eigenvalue weighted by molar-refractivity contribution is 14.0. The number of ether oxygens (including phenoxy) is 1. The Kier molecular flexibility index (Phi) is 8.04. The van der Waals surface area contributed by atoms with E-state index in [-0.39, 0.29) is 24.0 Å². The van der Waals surface area contributed by atoms with Crippen molar-refractivity contribution in [2.45, 2.75) is 38.3 Å². The van der Waals surface area contributed by atoms with E-state index in [0.717, 1.165) is 44.6 Å². The molecule has 0 aromatic carbocycles. The van der Waals surface area contributed by atoms with Crippen molar-refractivity contribution in [3.63, 3.8) is 0 Å². The number of halogens is 1. The van der Waals surface area contributed by atoms with Crippen molar-refractivity contribution >= 4 is 35.8 Å². The van der Waals surface area contributed by atoms with Crippen LogP contribution in [0.3, 0.4) is 0 Å². The van der Waals surface area contributed by atoms with E-state index >= 15 is 0 Å². The Labute approximate surface area is 161 Å². The van der Waals surface area contributed by atoms with Gasteiger partial charge in [-0.05, 0) is 30.5 Å². The highest BCUT2D eigenvalue weighted by Crippen LogP contribution is 2.17. The normalized spacial score (nSPS) is 19.0. The molecule has 1 saturated carbocycles. The van der Waals surface area contributed by atoms with Gasteiger partial charge in [-0.2, -0.15) is 0 Å². The van der Waals surface area contributed by atoms with Crippen LogP contribution in [0.5, 0.6) is 0 Å². The van der Waals surface area contributed by atoms with Gasteiger partial charge < -0.3 is 20.3 Å². The molecule has 3 rings (SSSR count). The van der Waals surface area contributed by atoms with Gasteiger partial charge in [0, 0.05) is 38.9 Å². The number of aliphatic imine (C=N–C) groups is 1. The number of rotatable bonds is 4. The summed E-state index contributed by atoms with van der Waals surface area (Å²) in [6.07, 6.45) is 7.02. The van der Waals surface area contributed by atoms with Gasteiger partial charge in [0.05, 0.1) is 13.2 Å². The maximum atomic E-state index is 5.40. The highest BCUT2D eigenvalue weighted by Gasteiger charge is 2.16. The Bertz CT molecular complexity index is 527. The van der Waals surface area contributed by atoms with Crippen molar-refractivity contribution in [1.82, 2.24) is 15.6 Å². The molecule has 1 aromatic heterocycles. The van der Waals surface area contributed by atoms with E-state index in [0.29, 0.717) is 6.04 Å². The van der Waals surface area contributed by atoms with Gasteiger partial charge in [-0.1, -0.05) is 12.8 Å². The summed E-state index contributed by atoms with van der Waals surface area (Å²) in [7, 11) is 1.83. The monoisotopic (exact) mass is 445 g/mol. The fourth-order valence-corrected chi connectivity index (χ4v) is 3.18. The number of pyridine rings is 1. The molecule has 134 valence electrons. The summed E-state index contributed by atoms with van der Waals surface area (Å²) in [4.78, 5) is 11.1. The molecule has 1 aliphatic heterocycles. The predicted molar refractivity (Wildman–Crippen MR) is 108 cm³/mol. The molecule has 0 radical (unpaired) electrons. The predicted octanol–water partition coefficient (Wildman–Crippen LogP) is 2.14. The zero-order valence-electron chi connectivity index (χ0n) is 14.3. The lowest BCUT2D eigenvalue weighted by Crippen LogP contribution is -2.42. The average molecular weight is 445 g/mol. The van der Waals surface area contributed by atoms with Crippen LogP contribution in [0, 0.1) is 0 Å². The zero-order chi connectivity index (χ0) is 15.9. The number of guanidine groups is 1. The summed E-state index contributed by atoms with van der Waals surface area (Å²) < 4.78 is 5.40. The minimum atomic E-state index is 0. The molecule has 0 atom stereocenters. The van der Waals surface area contributed by atoms with Crippen LogP contribution in [-0.4, -0.2) is 50.3 Å². The Morgan fingerprint density at radius 3 is 2.79 bits per heavy atom. The summed E-state index contributed by atoms with van der Waals surface area (Å²) in [5.74, 6) is 1.92. The molecule has 1 saturated heterocycles. The van der Waals surface area contributed by atoms with Gasteiger partial charge in [0.2, 0.25) is 0 Å². The third-order valence-electron chi connectivity index (χ3n) is 4.52. The second-order valence-corrected chi connectivity index (χ2v) is 6.17. The molecule has 1 aromatic rings. The maximum Gasteiger partial charge on any atom is 0.191 e. The summed E-state index contributed by atoms with van der Waals surface area (Å²) >= 11 is 0. The molecule has 2 N–H and O–H groups in total. The van der Waals surface area contributed by atoms with Crippen LogP contribution in [0.1, 0.15) is 31.2 Å². The van der Waals surface area contributed by atoms with Gasteiger partial charge in [-0.3, -0.25) is 4.99 Å². The van der Waals surface area contributed by atoms with Gasteiger partial charge in [0.25, 0.3) is 0 Å². The van der Waals surface area contributed by atoms with E-state index in [4.69, 9.17) is 4.74 Å². The van der Waals surface area contributed by atoms with Crippen molar-refractivity contribution in [2.24, 2.45) is 4.99 Å². The quantitative estimate of drug-likeness (QED) is 0.423. The van der Waals surface area contributed by atoms with E-state index < -0.39 is 0 Å². The first-order chi connectivity index (χ1) is 11.3. The number of nitrogens with zero attached hydrogens (tertiary/aromatic N) is 3. The first-order valence-electron chi connectivity index (χ1n) is 8.60. The van der Waals surface area contributed by atoms with E-state index in [1.165, 1.54) is 31.2 Å². The van der Waals surface area contributed by atoms with Crippen LogP contribution < -0.4 is 15.5 Å². The third-order valence-corrected chi connectivity index (χ3v) is 4.52. The minimum Gasteiger partial charge on any atom is -0.378 e. The molecule has 24 heavy (non-hydrogen) atoms. The van der Waals surface area contributed by atoms with Crippen molar-refractivity contribution in [3.8, 4) is 0 Å². The highest BCUT2D eigenvalue weighted by atomic mass is 127. The van der Waals surface area contributed by atoms with E-state index in [1.807, 2.05) is 13.2 Å². The number of morpholine rings is 1. The molecule has 2 aliphatic rings. The lowest BCUT2D eigenvalue weighted by Gasteiger charge is -2.28. The maximum absolute atomic E-state index is 5.40. The van der Waals surface area contributed by atoms with Gasteiger partial charge >= 0.3 is 0 Å². The molecule has 2 fully saturated rings. The Balaban J connectivity index is 0.00000208. The van der Waals surface area contributed by atoms with Crippen LogP contribution in [0.2, 0.25) is 0 Å². The van der Waals surface area contributed by atoms with Crippen LogP contribution in [0.4, 0.5) is 5.82 Å². The fraction of sp³-hybridized carbons (Fsp3) is 0.647. The lowest BCUT2D eigenvalue weighted by atomic mass is 10.2. The van der Waals surface area contributed by atoms with Crippen molar-refractivity contribution in [3.05, 3.63) is 23.9 Å². The van der Waals surface area contributed by atoms with E-state index in [2.05, 4.69) is 37.6 Å². The number of hydrogen-bond donors (Lipinski definition) is 2. The number of aromatic nitrogens is 1. The van der Waals surface area contributed by atoms with Gasteiger partial charge in [0.1, 0.15) is 5.82 Å². The fourth-order valence-electron chi connectivity index (χ4n) is 3.18. The second-order valence-electron chi connectivity index (χ2n) is 6.17. The Morgan fingerprint density at radius 1 is 1.33 bits per heavy atom.